The number of hydrogen-bond donors (Lipinski definition) is 1. The Morgan fingerprint density at radius 3 is 2.91 bits per heavy atom. The van der Waals surface area contributed by atoms with E-state index in [1.807, 2.05) is 24.3 Å². The Kier molecular flexibility index (Phi) is 3.45. The minimum absolute atomic E-state index is 0.0158. The van der Waals surface area contributed by atoms with Crippen LogP contribution in [0, 0.1) is 0 Å². The second-order valence-electron chi connectivity index (χ2n) is 5.56. The summed E-state index contributed by atoms with van der Waals surface area (Å²) in [6, 6.07) is 7.85. The van der Waals surface area contributed by atoms with Crippen molar-refractivity contribution in [3.05, 3.63) is 39.2 Å². The Bertz CT molecular complexity index is 913. The Morgan fingerprint density at radius 1 is 1.30 bits per heavy atom. The lowest BCUT2D eigenvalue weighted by molar-refractivity contribution is 0.589. The van der Waals surface area contributed by atoms with Gasteiger partial charge in [0.2, 0.25) is 0 Å². The quantitative estimate of drug-likeness (QED) is 0.766. The SMILES string of the molecule is CCCn1c2nc(-c3ccccc3Br)nc-2c2n(c1=O)CCN2. The smallest absolute Gasteiger partial charge is 0.331 e. The molecule has 0 aromatic heterocycles. The van der Waals surface area contributed by atoms with E-state index in [0.29, 0.717) is 24.7 Å². The molecular formula is C16H16BrN5O. The fourth-order valence-electron chi connectivity index (χ4n) is 3.00. The van der Waals surface area contributed by atoms with Gasteiger partial charge >= 0.3 is 5.69 Å². The summed E-state index contributed by atoms with van der Waals surface area (Å²) in [4.78, 5) is 22.1. The largest absolute Gasteiger partial charge is 0.368 e. The van der Waals surface area contributed by atoms with Crippen molar-refractivity contribution in [2.24, 2.45) is 0 Å². The molecule has 0 fully saturated rings. The summed E-state index contributed by atoms with van der Waals surface area (Å²) in [7, 11) is 0. The number of nitrogens with one attached hydrogen (secondary N) is 1. The summed E-state index contributed by atoms with van der Waals surface area (Å²) in [5, 5.41) is 3.27. The van der Waals surface area contributed by atoms with Gasteiger partial charge < -0.3 is 5.32 Å². The van der Waals surface area contributed by atoms with E-state index < -0.39 is 0 Å². The highest BCUT2D eigenvalue weighted by Gasteiger charge is 2.27. The molecule has 23 heavy (non-hydrogen) atoms. The molecule has 0 unspecified atom stereocenters. The van der Waals surface area contributed by atoms with Gasteiger partial charge in [-0.2, -0.15) is 0 Å². The molecule has 7 heteroatoms. The average Bonchev–Trinajstić information content (AvgIpc) is 3.18. The topological polar surface area (TPSA) is 64.7 Å². The van der Waals surface area contributed by atoms with Crippen LogP contribution in [-0.4, -0.2) is 25.6 Å². The van der Waals surface area contributed by atoms with Gasteiger partial charge in [-0.25, -0.2) is 14.8 Å². The van der Waals surface area contributed by atoms with Crippen molar-refractivity contribution in [2.45, 2.75) is 26.4 Å². The first-order chi connectivity index (χ1) is 11.2. The van der Waals surface area contributed by atoms with Gasteiger partial charge in [0.25, 0.3) is 0 Å². The molecule has 3 aliphatic heterocycles. The lowest BCUT2D eigenvalue weighted by Gasteiger charge is -2.13. The van der Waals surface area contributed by atoms with E-state index in [2.05, 4.69) is 33.2 Å². The van der Waals surface area contributed by atoms with Crippen molar-refractivity contribution in [2.75, 3.05) is 11.9 Å². The second-order valence-corrected chi connectivity index (χ2v) is 6.41. The molecule has 0 saturated heterocycles. The van der Waals surface area contributed by atoms with Crippen LogP contribution in [0.1, 0.15) is 13.3 Å². The van der Waals surface area contributed by atoms with Crippen LogP contribution in [0.4, 0.5) is 5.82 Å². The lowest BCUT2D eigenvalue weighted by atomic mass is 10.2. The maximum Gasteiger partial charge on any atom is 0.331 e. The van der Waals surface area contributed by atoms with E-state index in [0.717, 1.165) is 34.5 Å². The van der Waals surface area contributed by atoms with Crippen LogP contribution >= 0.6 is 15.9 Å². The molecule has 1 aromatic rings. The van der Waals surface area contributed by atoms with Gasteiger partial charge in [-0.15, -0.1) is 0 Å². The van der Waals surface area contributed by atoms with Gasteiger partial charge in [0, 0.05) is 29.7 Å². The molecule has 0 amide bonds. The molecule has 3 heterocycles. The van der Waals surface area contributed by atoms with Crippen molar-refractivity contribution >= 4 is 21.7 Å². The monoisotopic (exact) mass is 373 g/mol. The van der Waals surface area contributed by atoms with Crippen molar-refractivity contribution in [1.29, 1.82) is 0 Å². The standard InChI is InChI=1S/C16H16BrN5O/c1-2-8-21-15-12(14-18-7-9-22(14)16(21)23)19-13(20-15)10-5-3-4-6-11(10)17/h3-6,18H,2,7-9H2,1H3. The molecule has 0 bridgehead atoms. The van der Waals surface area contributed by atoms with Crippen molar-refractivity contribution in [3.63, 3.8) is 0 Å². The summed E-state index contributed by atoms with van der Waals surface area (Å²) < 4.78 is 4.44. The van der Waals surface area contributed by atoms with E-state index in [-0.39, 0.29) is 5.69 Å². The maximum atomic E-state index is 12.7. The predicted octanol–water partition coefficient (Wildman–Crippen LogP) is 2.81. The molecule has 1 N–H and O–H groups in total. The Balaban J connectivity index is 2.01. The fraction of sp³-hybridized carbons (Fsp3) is 0.312. The number of nitrogens with zero attached hydrogens (tertiary/aromatic N) is 4. The van der Waals surface area contributed by atoms with Crippen LogP contribution in [0.15, 0.2) is 33.5 Å². The Labute approximate surface area is 141 Å². The molecule has 0 saturated carbocycles. The number of imidazole rings is 1. The number of rotatable bonds is 3. The predicted molar refractivity (Wildman–Crippen MR) is 92.8 cm³/mol. The Hall–Kier alpha value is -2.15. The number of benzene rings is 1. The molecule has 0 aliphatic carbocycles. The number of hydrogen-bond acceptors (Lipinski definition) is 4. The van der Waals surface area contributed by atoms with Crippen molar-refractivity contribution in [1.82, 2.24) is 19.1 Å². The maximum absolute atomic E-state index is 12.7. The number of fused-ring (bicyclic) bond motifs is 3. The van der Waals surface area contributed by atoms with Gasteiger partial charge in [-0.3, -0.25) is 9.13 Å². The molecule has 0 radical (unpaired) electrons. The van der Waals surface area contributed by atoms with E-state index in [4.69, 9.17) is 4.98 Å². The van der Waals surface area contributed by atoms with Crippen LogP contribution in [0.25, 0.3) is 22.9 Å². The minimum Gasteiger partial charge on any atom is -0.368 e. The number of anilines is 1. The van der Waals surface area contributed by atoms with Crippen molar-refractivity contribution < 1.29 is 0 Å². The van der Waals surface area contributed by atoms with Gasteiger partial charge in [-0.1, -0.05) is 41.1 Å². The summed E-state index contributed by atoms with van der Waals surface area (Å²) in [6.07, 6.45) is 0.874. The highest BCUT2D eigenvalue weighted by Crippen LogP contribution is 2.33. The normalized spacial score (nSPS) is 13.3. The fourth-order valence-corrected chi connectivity index (χ4v) is 3.46. The highest BCUT2D eigenvalue weighted by atomic mass is 79.9. The van der Waals surface area contributed by atoms with Gasteiger partial charge in [0.1, 0.15) is 11.5 Å². The third kappa shape index (κ3) is 2.18. The summed E-state index contributed by atoms with van der Waals surface area (Å²) in [5.41, 5.74) is 1.68. The van der Waals surface area contributed by atoms with E-state index in [9.17, 15) is 4.79 Å². The van der Waals surface area contributed by atoms with Crippen LogP contribution in [0.3, 0.4) is 0 Å². The van der Waals surface area contributed by atoms with Crippen LogP contribution in [0.5, 0.6) is 0 Å². The summed E-state index contributed by atoms with van der Waals surface area (Å²) >= 11 is 3.55. The van der Waals surface area contributed by atoms with Gasteiger partial charge in [0.15, 0.2) is 11.6 Å². The van der Waals surface area contributed by atoms with E-state index >= 15 is 0 Å². The molecule has 118 valence electrons. The molecule has 0 spiro atoms. The molecule has 6 nitrogen and oxygen atoms in total. The third-order valence-corrected chi connectivity index (χ3v) is 4.73. The zero-order valence-corrected chi connectivity index (χ0v) is 14.3. The molecule has 0 atom stereocenters. The zero-order chi connectivity index (χ0) is 16.0. The molecule has 4 rings (SSSR count). The molecule has 3 aliphatic rings. The van der Waals surface area contributed by atoms with Crippen molar-refractivity contribution in [3.8, 4) is 22.9 Å². The van der Waals surface area contributed by atoms with E-state index in [1.165, 1.54) is 0 Å². The Morgan fingerprint density at radius 2 is 2.13 bits per heavy atom. The van der Waals surface area contributed by atoms with E-state index in [1.54, 1.807) is 9.13 Å². The van der Waals surface area contributed by atoms with Crippen LogP contribution < -0.4 is 11.0 Å². The van der Waals surface area contributed by atoms with Crippen LogP contribution in [0.2, 0.25) is 0 Å². The average molecular weight is 374 g/mol. The minimum atomic E-state index is -0.0158. The summed E-state index contributed by atoms with van der Waals surface area (Å²) in [6.45, 7) is 4.12. The molecule has 1 aromatic carbocycles. The lowest BCUT2D eigenvalue weighted by Crippen LogP contribution is -2.31. The first-order valence-corrected chi connectivity index (χ1v) is 8.50. The first kappa shape index (κ1) is 14.4. The second kappa shape index (κ2) is 5.49. The third-order valence-electron chi connectivity index (χ3n) is 4.04. The van der Waals surface area contributed by atoms with Gasteiger partial charge in [0.05, 0.1) is 0 Å². The number of halogens is 1. The molecular weight excluding hydrogens is 358 g/mol. The first-order valence-electron chi connectivity index (χ1n) is 7.70. The van der Waals surface area contributed by atoms with Gasteiger partial charge in [-0.05, 0) is 12.5 Å². The highest BCUT2D eigenvalue weighted by molar-refractivity contribution is 9.10. The van der Waals surface area contributed by atoms with Crippen LogP contribution in [-0.2, 0) is 13.1 Å². The summed E-state index contributed by atoms with van der Waals surface area (Å²) in [5.74, 6) is 2.07. The number of aromatic nitrogens is 4. The zero-order valence-electron chi connectivity index (χ0n) is 12.7.